The first-order chi connectivity index (χ1) is 9.19. The minimum Gasteiger partial charge on any atom is -0.496 e. The van der Waals surface area contributed by atoms with Gasteiger partial charge in [-0.25, -0.2) is 4.98 Å². The second kappa shape index (κ2) is 6.68. The molecule has 0 bridgehead atoms. The minimum atomic E-state index is 0.465. The molecule has 1 heterocycles. The Morgan fingerprint density at radius 1 is 1.37 bits per heavy atom. The molecule has 4 heteroatoms. The summed E-state index contributed by atoms with van der Waals surface area (Å²) in [6.45, 7) is 5.12. The molecule has 0 amide bonds. The van der Waals surface area contributed by atoms with E-state index in [0.717, 1.165) is 23.7 Å². The van der Waals surface area contributed by atoms with Gasteiger partial charge in [-0.1, -0.05) is 26.0 Å². The summed E-state index contributed by atoms with van der Waals surface area (Å²) in [4.78, 5) is 4.33. The van der Waals surface area contributed by atoms with E-state index in [0.29, 0.717) is 6.04 Å². The van der Waals surface area contributed by atoms with Gasteiger partial charge < -0.3 is 10.1 Å². The predicted molar refractivity (Wildman–Crippen MR) is 79.9 cm³/mol. The van der Waals surface area contributed by atoms with Crippen LogP contribution in [0.1, 0.15) is 30.0 Å². The monoisotopic (exact) mass is 276 g/mol. The molecule has 0 aliphatic rings. The van der Waals surface area contributed by atoms with E-state index < -0.39 is 0 Å². The Hall–Kier alpha value is -1.39. The molecule has 0 radical (unpaired) electrons. The fourth-order valence-corrected chi connectivity index (χ4v) is 2.56. The molecule has 2 rings (SSSR count). The molecule has 0 atom stereocenters. The van der Waals surface area contributed by atoms with E-state index in [-0.39, 0.29) is 0 Å². The van der Waals surface area contributed by atoms with Crippen LogP contribution >= 0.6 is 11.3 Å². The maximum atomic E-state index is 5.41. The lowest BCUT2D eigenvalue weighted by atomic mass is 10.1. The van der Waals surface area contributed by atoms with Crippen LogP contribution in [0, 0.1) is 0 Å². The highest BCUT2D eigenvalue weighted by Gasteiger charge is 2.06. The number of ether oxygens (including phenoxy) is 1. The third-order valence-corrected chi connectivity index (χ3v) is 3.66. The summed E-state index contributed by atoms with van der Waals surface area (Å²) in [5, 5.41) is 6.59. The van der Waals surface area contributed by atoms with Crippen LogP contribution in [0.5, 0.6) is 5.75 Å². The van der Waals surface area contributed by atoms with Crippen LogP contribution in [-0.2, 0) is 13.0 Å². The largest absolute Gasteiger partial charge is 0.496 e. The molecule has 0 spiro atoms. The summed E-state index contributed by atoms with van der Waals surface area (Å²) in [7, 11) is 1.72. The lowest BCUT2D eigenvalue weighted by molar-refractivity contribution is 0.406. The Morgan fingerprint density at radius 3 is 2.84 bits per heavy atom. The molecule has 0 aliphatic heterocycles. The second-order valence-corrected chi connectivity index (χ2v) is 5.76. The van der Waals surface area contributed by atoms with E-state index in [1.807, 2.05) is 17.6 Å². The Balaban J connectivity index is 2.14. The van der Waals surface area contributed by atoms with Gasteiger partial charge in [-0.15, -0.1) is 11.3 Å². The third-order valence-electron chi connectivity index (χ3n) is 2.88. The molecular formula is C15H20N2OS. The van der Waals surface area contributed by atoms with Crippen LogP contribution in [0.2, 0.25) is 0 Å². The molecule has 1 aromatic heterocycles. The molecule has 0 aliphatic carbocycles. The molecule has 0 fully saturated rings. The summed E-state index contributed by atoms with van der Waals surface area (Å²) in [5.41, 5.74) is 2.47. The first kappa shape index (κ1) is 14.0. The van der Waals surface area contributed by atoms with E-state index in [4.69, 9.17) is 4.74 Å². The zero-order chi connectivity index (χ0) is 13.7. The van der Waals surface area contributed by atoms with Crippen LogP contribution in [0.4, 0.5) is 0 Å². The van der Waals surface area contributed by atoms with Gasteiger partial charge in [0.05, 0.1) is 12.1 Å². The van der Waals surface area contributed by atoms with Crippen LogP contribution in [0.25, 0.3) is 0 Å². The van der Waals surface area contributed by atoms with Crippen molar-refractivity contribution in [3.63, 3.8) is 0 Å². The fourth-order valence-electron chi connectivity index (χ4n) is 1.91. The lowest BCUT2D eigenvalue weighted by Crippen LogP contribution is -2.22. The average molecular weight is 276 g/mol. The highest BCUT2D eigenvalue weighted by molar-refractivity contribution is 7.09. The van der Waals surface area contributed by atoms with Gasteiger partial charge in [-0.3, -0.25) is 0 Å². The van der Waals surface area contributed by atoms with Gasteiger partial charge in [0.2, 0.25) is 0 Å². The van der Waals surface area contributed by atoms with Crippen molar-refractivity contribution < 1.29 is 4.74 Å². The Bertz CT molecular complexity index is 509. The first-order valence-corrected chi connectivity index (χ1v) is 7.34. The minimum absolute atomic E-state index is 0.465. The molecule has 1 aromatic carbocycles. The third kappa shape index (κ3) is 4.04. The average Bonchev–Trinajstić information content (AvgIpc) is 2.89. The topological polar surface area (TPSA) is 34.1 Å². The summed E-state index contributed by atoms with van der Waals surface area (Å²) in [5.74, 6) is 0.941. The number of benzene rings is 1. The van der Waals surface area contributed by atoms with Crippen molar-refractivity contribution in [1.29, 1.82) is 0 Å². The van der Waals surface area contributed by atoms with Crippen molar-refractivity contribution >= 4 is 11.3 Å². The Morgan fingerprint density at radius 2 is 2.21 bits per heavy atom. The van der Waals surface area contributed by atoms with Gasteiger partial charge in [0, 0.05) is 36.1 Å². The van der Waals surface area contributed by atoms with E-state index in [2.05, 4.69) is 36.3 Å². The van der Waals surface area contributed by atoms with E-state index in [1.54, 1.807) is 18.4 Å². The molecule has 0 saturated heterocycles. The summed E-state index contributed by atoms with van der Waals surface area (Å²) < 4.78 is 5.41. The molecule has 19 heavy (non-hydrogen) atoms. The number of nitrogens with one attached hydrogen (secondary N) is 1. The number of hydrogen-bond donors (Lipinski definition) is 1. The maximum Gasteiger partial charge on any atom is 0.123 e. The van der Waals surface area contributed by atoms with Gasteiger partial charge in [0.1, 0.15) is 5.75 Å². The van der Waals surface area contributed by atoms with Gasteiger partial charge >= 0.3 is 0 Å². The SMILES string of the molecule is COc1ccc(Cc2nccs2)cc1CNC(C)C. The molecule has 1 N–H and O–H groups in total. The van der Waals surface area contributed by atoms with Gasteiger partial charge in [-0.05, 0) is 11.6 Å². The summed E-state index contributed by atoms with van der Waals surface area (Å²) in [6.07, 6.45) is 2.74. The smallest absolute Gasteiger partial charge is 0.123 e. The van der Waals surface area contributed by atoms with E-state index >= 15 is 0 Å². The molecule has 0 unspecified atom stereocenters. The quantitative estimate of drug-likeness (QED) is 0.879. The first-order valence-electron chi connectivity index (χ1n) is 6.46. The fraction of sp³-hybridized carbons (Fsp3) is 0.400. The van der Waals surface area contributed by atoms with Crippen LogP contribution in [0.3, 0.4) is 0 Å². The van der Waals surface area contributed by atoms with Crippen molar-refractivity contribution in [3.8, 4) is 5.75 Å². The molecule has 3 nitrogen and oxygen atoms in total. The Kier molecular flexibility index (Phi) is 4.93. The normalized spacial score (nSPS) is 10.9. The van der Waals surface area contributed by atoms with Crippen LogP contribution < -0.4 is 10.1 Å². The zero-order valence-corrected chi connectivity index (χ0v) is 12.5. The van der Waals surface area contributed by atoms with Gasteiger partial charge in [-0.2, -0.15) is 0 Å². The number of thiazole rings is 1. The van der Waals surface area contributed by atoms with Crippen LogP contribution in [-0.4, -0.2) is 18.1 Å². The number of methoxy groups -OCH3 is 1. The number of rotatable bonds is 6. The maximum absolute atomic E-state index is 5.41. The highest BCUT2D eigenvalue weighted by atomic mass is 32.1. The molecular weight excluding hydrogens is 256 g/mol. The van der Waals surface area contributed by atoms with E-state index in [9.17, 15) is 0 Å². The second-order valence-electron chi connectivity index (χ2n) is 4.78. The molecule has 2 aromatic rings. The van der Waals surface area contributed by atoms with Crippen LogP contribution in [0.15, 0.2) is 29.8 Å². The van der Waals surface area contributed by atoms with Gasteiger partial charge in [0.15, 0.2) is 0 Å². The Labute approximate surface area is 118 Å². The number of hydrogen-bond acceptors (Lipinski definition) is 4. The summed E-state index contributed by atoms with van der Waals surface area (Å²) >= 11 is 1.69. The predicted octanol–water partition coefficient (Wildman–Crippen LogP) is 3.24. The van der Waals surface area contributed by atoms with Crippen molar-refractivity contribution in [2.45, 2.75) is 32.9 Å². The van der Waals surface area contributed by atoms with Crippen molar-refractivity contribution in [2.24, 2.45) is 0 Å². The summed E-state index contributed by atoms with van der Waals surface area (Å²) in [6, 6.07) is 6.82. The van der Waals surface area contributed by atoms with Crippen molar-refractivity contribution in [3.05, 3.63) is 45.9 Å². The molecule has 0 saturated carbocycles. The highest BCUT2D eigenvalue weighted by Crippen LogP contribution is 2.22. The zero-order valence-electron chi connectivity index (χ0n) is 11.6. The van der Waals surface area contributed by atoms with Crippen molar-refractivity contribution in [1.82, 2.24) is 10.3 Å². The van der Waals surface area contributed by atoms with Gasteiger partial charge in [0.25, 0.3) is 0 Å². The molecule has 102 valence electrons. The number of nitrogens with zero attached hydrogens (tertiary/aromatic N) is 1. The lowest BCUT2D eigenvalue weighted by Gasteiger charge is -2.13. The van der Waals surface area contributed by atoms with Crippen molar-refractivity contribution in [2.75, 3.05) is 7.11 Å². The number of aromatic nitrogens is 1. The van der Waals surface area contributed by atoms with E-state index in [1.165, 1.54) is 11.1 Å². The standard InChI is InChI=1S/C15H20N2OS/c1-11(2)17-10-13-8-12(4-5-14(13)18-3)9-15-16-6-7-19-15/h4-8,11,17H,9-10H2,1-3H3.